The van der Waals surface area contributed by atoms with Gasteiger partial charge in [0, 0.05) is 58.6 Å². The van der Waals surface area contributed by atoms with Gasteiger partial charge in [0.25, 0.3) is 5.91 Å². The quantitative estimate of drug-likeness (QED) is 0.382. The molecule has 1 aliphatic heterocycles. The molecule has 0 unspecified atom stereocenters. The van der Waals surface area contributed by atoms with Gasteiger partial charge in [-0.2, -0.15) is 5.26 Å². The number of aliphatic hydroxyl groups is 1. The summed E-state index contributed by atoms with van der Waals surface area (Å²) in [7, 11) is 0. The van der Waals surface area contributed by atoms with E-state index in [9.17, 15) is 4.79 Å². The van der Waals surface area contributed by atoms with E-state index in [4.69, 9.17) is 10.4 Å². The number of rotatable bonds is 8. The number of carbonyl (C=O) groups is 1. The summed E-state index contributed by atoms with van der Waals surface area (Å²) in [4.78, 5) is 16.0. The van der Waals surface area contributed by atoms with Gasteiger partial charge in [-0.15, -0.1) is 0 Å². The van der Waals surface area contributed by atoms with E-state index in [0.717, 1.165) is 32.7 Å². The van der Waals surface area contributed by atoms with Crippen molar-refractivity contribution < 1.29 is 9.90 Å². The molecule has 7 heteroatoms. The minimum absolute atomic E-state index is 0.00629. The summed E-state index contributed by atoms with van der Waals surface area (Å²) in [6, 6.07) is 1.92. The van der Waals surface area contributed by atoms with E-state index < -0.39 is 0 Å². The van der Waals surface area contributed by atoms with Crippen LogP contribution in [0.3, 0.4) is 0 Å². The number of nitrogens with zero attached hydrogens (tertiary/aromatic N) is 3. The number of hydrogen-bond donors (Lipinski definition) is 3. The Morgan fingerprint density at radius 3 is 2.81 bits per heavy atom. The summed E-state index contributed by atoms with van der Waals surface area (Å²) in [5.74, 6) is -0.357. The number of amides is 1. The molecule has 7 nitrogen and oxygen atoms in total. The second-order valence-corrected chi connectivity index (χ2v) is 4.85. The Morgan fingerprint density at radius 1 is 1.52 bits per heavy atom. The molecule has 3 N–H and O–H groups in total. The molecular weight excluding hydrogens is 270 g/mol. The molecule has 0 aliphatic carbocycles. The molecule has 118 valence electrons. The lowest BCUT2D eigenvalue weighted by atomic mass is 10.3. The van der Waals surface area contributed by atoms with E-state index in [2.05, 4.69) is 15.5 Å². The Labute approximate surface area is 126 Å². The number of carbonyl (C=O) groups excluding carboxylic acids is 1. The molecule has 1 saturated heterocycles. The molecule has 1 amide bonds. The number of aliphatic hydroxyl groups excluding tert-OH is 1. The van der Waals surface area contributed by atoms with Crippen molar-refractivity contribution >= 4 is 5.91 Å². The van der Waals surface area contributed by atoms with Crippen LogP contribution in [0.25, 0.3) is 0 Å². The van der Waals surface area contributed by atoms with Crippen LogP contribution in [0.15, 0.2) is 11.8 Å². The summed E-state index contributed by atoms with van der Waals surface area (Å²) in [6.07, 6.45) is 1.51. The van der Waals surface area contributed by atoms with Crippen LogP contribution in [-0.2, 0) is 4.79 Å². The van der Waals surface area contributed by atoms with Gasteiger partial charge < -0.3 is 20.6 Å². The Morgan fingerprint density at radius 2 is 2.24 bits per heavy atom. The Bertz CT molecular complexity index is 385. The maximum absolute atomic E-state index is 11.9. The minimum atomic E-state index is -0.357. The van der Waals surface area contributed by atoms with Crippen molar-refractivity contribution in [1.29, 1.82) is 5.26 Å². The lowest BCUT2D eigenvalue weighted by Gasteiger charge is -2.27. The van der Waals surface area contributed by atoms with Gasteiger partial charge in [0.15, 0.2) is 0 Å². The average Bonchev–Trinajstić information content (AvgIpc) is 2.52. The van der Waals surface area contributed by atoms with Crippen LogP contribution in [-0.4, -0.2) is 79.8 Å². The lowest BCUT2D eigenvalue weighted by molar-refractivity contribution is -0.117. The van der Waals surface area contributed by atoms with Crippen LogP contribution >= 0.6 is 0 Å². The van der Waals surface area contributed by atoms with Crippen molar-refractivity contribution in [3.05, 3.63) is 11.8 Å². The van der Waals surface area contributed by atoms with E-state index in [1.165, 1.54) is 6.20 Å². The van der Waals surface area contributed by atoms with Gasteiger partial charge in [0.05, 0.1) is 6.61 Å². The molecule has 0 saturated carbocycles. The zero-order valence-corrected chi connectivity index (χ0v) is 12.6. The molecular formula is C14H25N5O2. The molecule has 0 aromatic heterocycles. The largest absolute Gasteiger partial charge is 0.395 e. The fourth-order valence-electron chi connectivity index (χ4n) is 2.12. The Balaban J connectivity index is 2.40. The molecule has 1 aliphatic rings. The van der Waals surface area contributed by atoms with Crippen LogP contribution in [0, 0.1) is 11.3 Å². The number of piperazine rings is 1. The summed E-state index contributed by atoms with van der Waals surface area (Å²) >= 11 is 0. The fraction of sp³-hybridized carbons (Fsp3) is 0.714. The van der Waals surface area contributed by atoms with Gasteiger partial charge >= 0.3 is 0 Å². The van der Waals surface area contributed by atoms with Gasteiger partial charge in [0.1, 0.15) is 11.6 Å². The lowest BCUT2D eigenvalue weighted by Crippen LogP contribution is -2.46. The monoisotopic (exact) mass is 295 g/mol. The van der Waals surface area contributed by atoms with Gasteiger partial charge in [0.2, 0.25) is 0 Å². The van der Waals surface area contributed by atoms with Gasteiger partial charge in [-0.25, -0.2) is 0 Å². The van der Waals surface area contributed by atoms with Crippen LogP contribution in [0.2, 0.25) is 0 Å². The molecule has 0 bridgehead atoms. The molecule has 0 radical (unpaired) electrons. The van der Waals surface area contributed by atoms with E-state index in [1.807, 2.05) is 13.0 Å². The summed E-state index contributed by atoms with van der Waals surface area (Å²) in [5.41, 5.74) is 0.0746. The van der Waals surface area contributed by atoms with E-state index in [0.29, 0.717) is 19.6 Å². The average molecular weight is 295 g/mol. The summed E-state index contributed by atoms with van der Waals surface area (Å²) in [6.45, 7) is 8.19. The van der Waals surface area contributed by atoms with Crippen LogP contribution in [0.4, 0.5) is 0 Å². The van der Waals surface area contributed by atoms with Crippen molar-refractivity contribution in [2.45, 2.75) is 6.92 Å². The van der Waals surface area contributed by atoms with Crippen molar-refractivity contribution in [2.24, 2.45) is 0 Å². The third kappa shape index (κ3) is 6.58. The predicted molar refractivity (Wildman–Crippen MR) is 80.3 cm³/mol. The van der Waals surface area contributed by atoms with Gasteiger partial charge in [-0.05, 0) is 6.92 Å². The van der Waals surface area contributed by atoms with Crippen LogP contribution < -0.4 is 10.6 Å². The third-order valence-electron chi connectivity index (χ3n) is 3.39. The highest BCUT2D eigenvalue weighted by molar-refractivity contribution is 5.97. The normalized spacial score (nSPS) is 16.3. The van der Waals surface area contributed by atoms with Crippen molar-refractivity contribution in [3.8, 4) is 6.07 Å². The SMILES string of the molecule is CCN(/C=C(/C#N)C(=O)NCCN1CCNCC1)CCO. The third-order valence-corrected chi connectivity index (χ3v) is 3.39. The first kappa shape index (κ1) is 17.4. The van der Waals surface area contributed by atoms with Crippen LogP contribution in [0.1, 0.15) is 6.92 Å². The second-order valence-electron chi connectivity index (χ2n) is 4.85. The number of nitrogens with one attached hydrogen (secondary N) is 2. The topological polar surface area (TPSA) is 91.6 Å². The fourth-order valence-corrected chi connectivity index (χ4v) is 2.12. The first-order chi connectivity index (χ1) is 10.2. The zero-order valence-electron chi connectivity index (χ0n) is 12.6. The molecule has 21 heavy (non-hydrogen) atoms. The van der Waals surface area contributed by atoms with Gasteiger partial charge in [-0.1, -0.05) is 0 Å². The molecule has 0 aromatic carbocycles. The first-order valence-electron chi connectivity index (χ1n) is 7.39. The highest BCUT2D eigenvalue weighted by Gasteiger charge is 2.12. The highest BCUT2D eigenvalue weighted by atomic mass is 16.3. The molecule has 1 fully saturated rings. The van der Waals surface area contributed by atoms with E-state index >= 15 is 0 Å². The number of nitriles is 1. The van der Waals surface area contributed by atoms with E-state index in [-0.39, 0.29) is 18.1 Å². The van der Waals surface area contributed by atoms with Crippen molar-refractivity contribution in [3.63, 3.8) is 0 Å². The Hall–Kier alpha value is -1.62. The standard InChI is InChI=1S/C14H25N5O2/c1-2-18(9-10-20)12-13(11-15)14(21)17-5-8-19-6-3-16-4-7-19/h12,16,20H,2-10H2,1H3,(H,17,21)/b13-12-. The van der Waals surface area contributed by atoms with Crippen molar-refractivity contribution in [2.75, 3.05) is 59.0 Å². The smallest absolute Gasteiger partial charge is 0.263 e. The maximum atomic E-state index is 11.9. The second kappa shape index (κ2) is 10.2. The van der Waals surface area contributed by atoms with Crippen LogP contribution in [0.5, 0.6) is 0 Å². The zero-order chi connectivity index (χ0) is 15.5. The molecule has 0 atom stereocenters. The first-order valence-corrected chi connectivity index (χ1v) is 7.39. The number of likely N-dealkylation sites (N-methyl/N-ethyl adjacent to an activating group) is 1. The Kier molecular flexibility index (Phi) is 8.43. The summed E-state index contributed by atoms with van der Waals surface area (Å²) in [5, 5.41) is 24.0. The van der Waals surface area contributed by atoms with Gasteiger partial charge in [-0.3, -0.25) is 9.69 Å². The maximum Gasteiger partial charge on any atom is 0.263 e. The molecule has 0 spiro atoms. The van der Waals surface area contributed by atoms with Crippen molar-refractivity contribution in [1.82, 2.24) is 20.4 Å². The minimum Gasteiger partial charge on any atom is -0.395 e. The number of hydrogen-bond acceptors (Lipinski definition) is 6. The van der Waals surface area contributed by atoms with E-state index in [1.54, 1.807) is 4.90 Å². The highest BCUT2D eigenvalue weighted by Crippen LogP contribution is 1.98. The molecule has 1 rings (SSSR count). The predicted octanol–water partition coefficient (Wildman–Crippen LogP) is -1.27. The summed E-state index contributed by atoms with van der Waals surface area (Å²) < 4.78 is 0. The molecule has 1 heterocycles. The molecule has 0 aromatic rings.